The summed E-state index contributed by atoms with van der Waals surface area (Å²) in [6.45, 7) is 4.89. The van der Waals surface area contributed by atoms with Gasteiger partial charge < -0.3 is 15.2 Å². The molecule has 2 fully saturated rings. The van der Waals surface area contributed by atoms with Crippen molar-refractivity contribution in [1.82, 2.24) is 19.9 Å². The van der Waals surface area contributed by atoms with Gasteiger partial charge >= 0.3 is 6.09 Å². The number of alkyl halides is 2. The lowest BCUT2D eigenvalue weighted by Crippen LogP contribution is -2.41. The number of aromatic nitrogens is 3. The number of hydrogen-bond donors (Lipinski definition) is 2. The first-order chi connectivity index (χ1) is 15.7. The Morgan fingerprint density at radius 2 is 2.00 bits per heavy atom. The summed E-state index contributed by atoms with van der Waals surface area (Å²) in [6.07, 6.45) is 1.72. The van der Waals surface area contributed by atoms with Gasteiger partial charge in [0.1, 0.15) is 18.5 Å². The summed E-state index contributed by atoms with van der Waals surface area (Å²) in [5, 5.41) is 13.1. The van der Waals surface area contributed by atoms with Crippen LogP contribution in [0.2, 0.25) is 0 Å². The van der Waals surface area contributed by atoms with Gasteiger partial charge in [0.05, 0.1) is 17.8 Å². The van der Waals surface area contributed by atoms with Crippen LogP contribution in [0.4, 0.5) is 25.3 Å². The highest BCUT2D eigenvalue weighted by atomic mass is 19.3. The number of ether oxygens (including phenoxy) is 1. The van der Waals surface area contributed by atoms with Crippen molar-refractivity contribution in [1.29, 1.82) is 0 Å². The number of amides is 1. The van der Waals surface area contributed by atoms with E-state index in [0.717, 1.165) is 11.3 Å². The Bertz CT molecular complexity index is 965. The van der Waals surface area contributed by atoms with E-state index in [1.807, 2.05) is 24.0 Å². The molecule has 11 heteroatoms. The van der Waals surface area contributed by atoms with Crippen molar-refractivity contribution < 1.29 is 23.4 Å². The van der Waals surface area contributed by atoms with Crippen molar-refractivity contribution >= 4 is 17.9 Å². The minimum Gasteiger partial charge on any atom is -0.447 e. The molecule has 0 unspecified atom stereocenters. The van der Waals surface area contributed by atoms with E-state index >= 15 is 0 Å². The highest BCUT2D eigenvalue weighted by molar-refractivity contribution is 5.89. The largest absolute Gasteiger partial charge is 0.447 e. The maximum absolute atomic E-state index is 13.3. The van der Waals surface area contributed by atoms with Crippen LogP contribution in [-0.4, -0.2) is 68.8 Å². The number of nitrogens with one attached hydrogen (secondary N) is 1. The first kappa shape index (κ1) is 23.2. The molecule has 9 nitrogen and oxygen atoms in total. The molecule has 2 N–H and O–H groups in total. The van der Waals surface area contributed by atoms with Gasteiger partial charge in [-0.05, 0) is 31.5 Å². The molecule has 2 aliphatic heterocycles. The number of likely N-dealkylation sites (tertiary alicyclic amines) is 1. The Morgan fingerprint density at radius 3 is 2.67 bits per heavy atom. The van der Waals surface area contributed by atoms with Crippen molar-refractivity contribution in [2.75, 3.05) is 29.9 Å². The van der Waals surface area contributed by atoms with E-state index < -0.39 is 24.2 Å². The third-order valence-electron chi connectivity index (χ3n) is 6.02. The first-order valence-corrected chi connectivity index (χ1v) is 11.0. The second-order valence-corrected chi connectivity index (χ2v) is 8.57. The highest BCUT2D eigenvalue weighted by Crippen LogP contribution is 2.28. The minimum absolute atomic E-state index is 0.0948. The fraction of sp³-hybridized carbons (Fsp3) is 0.545. The van der Waals surface area contributed by atoms with Crippen LogP contribution in [0, 0.1) is 0 Å². The van der Waals surface area contributed by atoms with Crippen LogP contribution in [0.25, 0.3) is 0 Å². The predicted octanol–water partition coefficient (Wildman–Crippen LogP) is 2.98. The van der Waals surface area contributed by atoms with Gasteiger partial charge in [0.2, 0.25) is 5.95 Å². The zero-order chi connectivity index (χ0) is 23.6. The van der Waals surface area contributed by atoms with E-state index in [-0.39, 0.29) is 25.5 Å². The number of nitrogens with zero attached hydrogens (tertiary/aromatic N) is 5. The number of aliphatic hydroxyl groups is 1. The van der Waals surface area contributed by atoms with E-state index in [9.17, 15) is 18.7 Å². The van der Waals surface area contributed by atoms with Gasteiger partial charge in [-0.25, -0.2) is 18.6 Å². The lowest BCUT2D eigenvalue weighted by Gasteiger charge is -2.31. The summed E-state index contributed by atoms with van der Waals surface area (Å²) in [6, 6.07) is 4.73. The zero-order valence-corrected chi connectivity index (χ0v) is 18.6. The van der Waals surface area contributed by atoms with E-state index in [1.54, 1.807) is 19.2 Å². The first-order valence-electron chi connectivity index (χ1n) is 11.0. The summed E-state index contributed by atoms with van der Waals surface area (Å²) >= 11 is 0. The second kappa shape index (κ2) is 9.52. The number of cyclic esters (lactones) is 1. The molecule has 2 saturated heterocycles. The minimum atomic E-state index is -2.55. The van der Waals surface area contributed by atoms with Crippen LogP contribution in [0.5, 0.6) is 0 Å². The van der Waals surface area contributed by atoms with Gasteiger partial charge in [0, 0.05) is 44.9 Å². The molecule has 4 rings (SSSR count). The molecule has 178 valence electrons. The fourth-order valence-corrected chi connectivity index (χ4v) is 3.94. The third kappa shape index (κ3) is 5.53. The maximum Gasteiger partial charge on any atom is 0.416 e. The van der Waals surface area contributed by atoms with Gasteiger partial charge in [0.15, 0.2) is 0 Å². The molecule has 3 atom stereocenters. The number of rotatable bonds is 7. The van der Waals surface area contributed by atoms with Crippen LogP contribution >= 0.6 is 0 Å². The third-order valence-corrected chi connectivity index (χ3v) is 6.02. The monoisotopic (exact) mass is 462 g/mol. The second-order valence-electron chi connectivity index (χ2n) is 8.57. The molecule has 33 heavy (non-hydrogen) atoms. The molecule has 2 aromatic heterocycles. The average molecular weight is 463 g/mol. The molecule has 2 aromatic rings. The molecule has 1 amide bonds. The summed E-state index contributed by atoms with van der Waals surface area (Å²) in [7, 11) is 0. The molecule has 4 heterocycles. The van der Waals surface area contributed by atoms with Crippen molar-refractivity contribution in [3.05, 3.63) is 41.9 Å². The number of halogens is 2. The Hall–Kier alpha value is -2.92. The smallest absolute Gasteiger partial charge is 0.416 e. The van der Waals surface area contributed by atoms with Crippen molar-refractivity contribution in [2.45, 2.75) is 57.3 Å². The van der Waals surface area contributed by atoms with Gasteiger partial charge in [0.25, 0.3) is 5.92 Å². The molecule has 0 radical (unpaired) electrons. The quantitative estimate of drug-likeness (QED) is 0.647. The van der Waals surface area contributed by atoms with Crippen LogP contribution in [0.1, 0.15) is 44.0 Å². The van der Waals surface area contributed by atoms with Gasteiger partial charge in [-0.1, -0.05) is 6.07 Å². The number of carbonyl (C=O) groups is 1. The number of carbonyl (C=O) groups excluding carboxylic acids is 1. The highest BCUT2D eigenvalue weighted by Gasteiger charge is 2.38. The average Bonchev–Trinajstić information content (AvgIpc) is 3.17. The summed E-state index contributed by atoms with van der Waals surface area (Å²) in [5.74, 6) is -1.89. The van der Waals surface area contributed by atoms with Crippen LogP contribution in [0.3, 0.4) is 0 Å². The van der Waals surface area contributed by atoms with E-state index in [2.05, 4.69) is 20.3 Å². The van der Waals surface area contributed by atoms with Gasteiger partial charge in [-0.15, -0.1) is 0 Å². The molecular weight excluding hydrogens is 434 g/mol. The standard InChI is InChI=1S/C22H28F2N6O3/c1-14(16-3-4-17(26-11-16)12-29-9-6-22(23,24)7-10-29)27-20-25-8-5-19(28-20)30-18(15(2)31)13-33-21(30)32/h3-5,8,11,14-15,18,31H,6-7,9-10,12-13H2,1-2H3,(H,25,27,28)/t14-,15+,18+/m0/s1. The Balaban J connectivity index is 1.38. The van der Waals surface area contributed by atoms with Gasteiger partial charge in [-0.3, -0.25) is 14.8 Å². The molecular formula is C22H28F2N6O3. The lowest BCUT2D eigenvalue weighted by molar-refractivity contribution is -0.0568. The van der Waals surface area contributed by atoms with Gasteiger partial charge in [-0.2, -0.15) is 4.98 Å². The number of aliphatic hydroxyl groups excluding tert-OH is 1. The number of hydrogen-bond acceptors (Lipinski definition) is 8. The van der Waals surface area contributed by atoms with E-state index in [1.165, 1.54) is 11.1 Å². The molecule has 0 spiro atoms. The van der Waals surface area contributed by atoms with Crippen molar-refractivity contribution in [3.8, 4) is 0 Å². The van der Waals surface area contributed by atoms with E-state index in [4.69, 9.17) is 4.74 Å². The normalized spacial score (nSPS) is 22.6. The van der Waals surface area contributed by atoms with Crippen molar-refractivity contribution in [2.24, 2.45) is 0 Å². The molecule has 0 aromatic carbocycles. The SMILES string of the molecule is C[C@H](Nc1nccc(N2C(=O)OC[C@@H]2[C@@H](C)O)n1)c1ccc(CN2CCC(F)(F)CC2)nc1. The predicted molar refractivity (Wildman–Crippen MR) is 117 cm³/mol. The molecule has 0 bridgehead atoms. The zero-order valence-electron chi connectivity index (χ0n) is 18.6. The Morgan fingerprint density at radius 1 is 1.24 bits per heavy atom. The summed E-state index contributed by atoms with van der Waals surface area (Å²) in [4.78, 5) is 28.6. The Kier molecular flexibility index (Phi) is 6.71. The maximum atomic E-state index is 13.3. The Labute approximate surface area is 190 Å². The summed E-state index contributed by atoms with van der Waals surface area (Å²) in [5.41, 5.74) is 1.73. The van der Waals surface area contributed by atoms with Crippen LogP contribution in [0.15, 0.2) is 30.6 Å². The number of anilines is 2. The number of pyridine rings is 1. The van der Waals surface area contributed by atoms with Crippen LogP contribution in [-0.2, 0) is 11.3 Å². The number of piperidine rings is 1. The fourth-order valence-electron chi connectivity index (χ4n) is 3.94. The summed E-state index contributed by atoms with van der Waals surface area (Å²) < 4.78 is 31.7. The molecule has 0 aliphatic carbocycles. The van der Waals surface area contributed by atoms with Crippen LogP contribution < -0.4 is 10.2 Å². The lowest BCUT2D eigenvalue weighted by atomic mass is 10.1. The van der Waals surface area contributed by atoms with E-state index in [0.29, 0.717) is 31.4 Å². The molecule has 2 aliphatic rings. The molecule has 0 saturated carbocycles. The topological polar surface area (TPSA) is 104 Å². The van der Waals surface area contributed by atoms with Crippen molar-refractivity contribution in [3.63, 3.8) is 0 Å².